The molecule has 2 rings (SSSR count). The molecule has 1 aromatic heterocycles. The van der Waals surface area contributed by atoms with E-state index in [1.807, 2.05) is 35.2 Å². The second-order valence-corrected chi connectivity index (χ2v) is 5.52. The van der Waals surface area contributed by atoms with Gasteiger partial charge in [-0.15, -0.1) is 0 Å². The minimum absolute atomic E-state index is 0.237. The summed E-state index contributed by atoms with van der Waals surface area (Å²) >= 11 is 8.38. The molecule has 0 unspecified atom stereocenters. The van der Waals surface area contributed by atoms with E-state index in [9.17, 15) is 0 Å². The van der Waals surface area contributed by atoms with Gasteiger partial charge in [0.25, 0.3) is 0 Å². The Balaban J connectivity index is 2.44. The number of nitrogens with zero attached hydrogens (tertiary/aromatic N) is 3. The van der Waals surface area contributed by atoms with Crippen LogP contribution in [0.15, 0.2) is 30.3 Å². The number of hydrogen-bond acceptors (Lipinski definition) is 5. The van der Waals surface area contributed by atoms with Crippen LogP contribution in [-0.2, 0) is 4.74 Å². The molecule has 1 heterocycles. The largest absolute Gasteiger partial charge is 0.383 e. The van der Waals surface area contributed by atoms with Crippen LogP contribution >= 0.6 is 34.2 Å². The smallest absolute Gasteiger partial charge is 0.222 e. The molecule has 106 valence electrons. The number of ether oxygens (including phenoxy) is 1. The molecule has 2 N–H and O–H groups in total. The van der Waals surface area contributed by atoms with Crippen LogP contribution in [0.5, 0.6) is 0 Å². The Morgan fingerprint density at radius 1 is 1.35 bits per heavy atom. The van der Waals surface area contributed by atoms with E-state index in [0.29, 0.717) is 24.0 Å². The number of benzene rings is 1. The zero-order chi connectivity index (χ0) is 14.5. The van der Waals surface area contributed by atoms with E-state index in [0.717, 1.165) is 9.39 Å². The molecule has 7 heteroatoms. The van der Waals surface area contributed by atoms with Gasteiger partial charge in [0.1, 0.15) is 9.52 Å². The predicted octanol–water partition coefficient (Wildman–Crippen LogP) is 3.10. The van der Waals surface area contributed by atoms with Crippen molar-refractivity contribution in [2.24, 2.45) is 0 Å². The van der Waals surface area contributed by atoms with Gasteiger partial charge < -0.3 is 15.4 Å². The maximum Gasteiger partial charge on any atom is 0.222 e. The highest BCUT2D eigenvalue weighted by Crippen LogP contribution is 2.31. The third-order valence-electron chi connectivity index (χ3n) is 2.64. The summed E-state index contributed by atoms with van der Waals surface area (Å²) in [6.07, 6.45) is 0. The first-order chi connectivity index (χ1) is 9.61. The van der Waals surface area contributed by atoms with Crippen molar-refractivity contribution in [3.8, 4) is 0 Å². The number of para-hydroxylation sites is 1. The SMILES string of the molecule is COCCN(c1cc(I)nc(N)n1)c1ccccc1Cl. The van der Waals surface area contributed by atoms with Gasteiger partial charge in [-0.1, -0.05) is 23.7 Å². The molecule has 0 amide bonds. The lowest BCUT2D eigenvalue weighted by Crippen LogP contribution is -2.24. The summed E-state index contributed by atoms with van der Waals surface area (Å²) in [6.45, 7) is 1.17. The average Bonchev–Trinajstić information content (AvgIpc) is 2.40. The molecule has 0 atom stereocenters. The Hall–Kier alpha value is -1.12. The lowest BCUT2D eigenvalue weighted by molar-refractivity contribution is 0.207. The maximum atomic E-state index is 6.27. The third kappa shape index (κ3) is 3.71. The van der Waals surface area contributed by atoms with E-state index in [4.69, 9.17) is 22.1 Å². The van der Waals surface area contributed by atoms with Crippen LogP contribution in [-0.4, -0.2) is 30.2 Å². The van der Waals surface area contributed by atoms with Crippen LogP contribution in [0.25, 0.3) is 0 Å². The van der Waals surface area contributed by atoms with Gasteiger partial charge in [0.2, 0.25) is 5.95 Å². The van der Waals surface area contributed by atoms with Gasteiger partial charge in [-0.05, 0) is 34.7 Å². The van der Waals surface area contributed by atoms with Crippen LogP contribution in [0.1, 0.15) is 0 Å². The third-order valence-corrected chi connectivity index (χ3v) is 3.51. The molecule has 2 aromatic rings. The Labute approximate surface area is 136 Å². The Bertz CT molecular complexity index is 576. The van der Waals surface area contributed by atoms with E-state index in [2.05, 4.69) is 32.6 Å². The highest BCUT2D eigenvalue weighted by atomic mass is 127. The van der Waals surface area contributed by atoms with Crippen molar-refractivity contribution in [2.45, 2.75) is 0 Å². The first-order valence-electron chi connectivity index (χ1n) is 5.93. The summed E-state index contributed by atoms with van der Waals surface area (Å²) in [4.78, 5) is 10.3. The first kappa shape index (κ1) is 15.3. The number of nitrogen functional groups attached to an aromatic ring is 1. The number of anilines is 3. The molecule has 0 aliphatic heterocycles. The molecular weight excluding hydrogens is 391 g/mol. The van der Waals surface area contributed by atoms with E-state index in [1.54, 1.807) is 7.11 Å². The molecule has 0 saturated heterocycles. The standard InChI is InChI=1S/C13H14ClIN4O/c1-20-7-6-19(10-5-3-2-4-9(10)14)12-8-11(15)17-13(16)18-12/h2-5,8H,6-7H2,1H3,(H2,16,17,18). The van der Waals surface area contributed by atoms with Crippen LogP contribution in [0, 0.1) is 3.70 Å². The van der Waals surface area contributed by atoms with E-state index < -0.39 is 0 Å². The molecule has 0 saturated carbocycles. The monoisotopic (exact) mass is 404 g/mol. The molecule has 20 heavy (non-hydrogen) atoms. The van der Waals surface area contributed by atoms with Gasteiger partial charge in [-0.25, -0.2) is 4.98 Å². The van der Waals surface area contributed by atoms with Gasteiger partial charge in [0, 0.05) is 19.7 Å². The number of aromatic nitrogens is 2. The molecule has 0 aliphatic carbocycles. The van der Waals surface area contributed by atoms with Crippen molar-refractivity contribution in [3.05, 3.63) is 39.1 Å². The zero-order valence-corrected chi connectivity index (χ0v) is 13.8. The first-order valence-corrected chi connectivity index (χ1v) is 7.38. The van der Waals surface area contributed by atoms with Crippen LogP contribution in [0.3, 0.4) is 0 Å². The Morgan fingerprint density at radius 3 is 2.75 bits per heavy atom. The van der Waals surface area contributed by atoms with Gasteiger partial charge >= 0.3 is 0 Å². The van der Waals surface area contributed by atoms with Gasteiger partial charge in [0.05, 0.1) is 17.3 Å². The number of rotatable bonds is 5. The van der Waals surface area contributed by atoms with Crippen molar-refractivity contribution in [1.29, 1.82) is 0 Å². The number of hydrogen-bond donors (Lipinski definition) is 1. The van der Waals surface area contributed by atoms with E-state index in [1.165, 1.54) is 0 Å². The van der Waals surface area contributed by atoms with Gasteiger partial charge in [-0.3, -0.25) is 0 Å². The van der Waals surface area contributed by atoms with Gasteiger partial charge in [-0.2, -0.15) is 4.98 Å². The molecule has 0 radical (unpaired) electrons. The number of methoxy groups -OCH3 is 1. The van der Waals surface area contributed by atoms with Crippen molar-refractivity contribution in [3.63, 3.8) is 0 Å². The number of halogens is 2. The number of nitrogens with two attached hydrogens (primary N) is 1. The molecule has 5 nitrogen and oxygen atoms in total. The van der Waals surface area contributed by atoms with Crippen molar-refractivity contribution in [1.82, 2.24) is 9.97 Å². The van der Waals surface area contributed by atoms with E-state index >= 15 is 0 Å². The topological polar surface area (TPSA) is 64.3 Å². The second kappa shape index (κ2) is 7.05. The Morgan fingerprint density at radius 2 is 2.10 bits per heavy atom. The molecule has 0 bridgehead atoms. The van der Waals surface area contributed by atoms with Crippen molar-refractivity contribution in [2.75, 3.05) is 30.9 Å². The summed E-state index contributed by atoms with van der Waals surface area (Å²) in [5.74, 6) is 0.938. The van der Waals surface area contributed by atoms with Crippen molar-refractivity contribution >= 4 is 51.6 Å². The normalized spacial score (nSPS) is 10.6. The summed E-state index contributed by atoms with van der Waals surface area (Å²) < 4.78 is 5.93. The molecule has 0 aliphatic rings. The minimum atomic E-state index is 0.237. The zero-order valence-electron chi connectivity index (χ0n) is 10.9. The average molecular weight is 405 g/mol. The molecule has 1 aromatic carbocycles. The summed E-state index contributed by atoms with van der Waals surface area (Å²) in [6, 6.07) is 9.44. The lowest BCUT2D eigenvalue weighted by Gasteiger charge is -2.24. The van der Waals surface area contributed by atoms with E-state index in [-0.39, 0.29) is 5.95 Å². The molecule has 0 fully saturated rings. The maximum absolute atomic E-state index is 6.27. The van der Waals surface area contributed by atoms with Crippen LogP contribution < -0.4 is 10.6 Å². The fourth-order valence-electron chi connectivity index (χ4n) is 1.77. The quantitative estimate of drug-likeness (QED) is 0.613. The molecule has 0 spiro atoms. The predicted molar refractivity (Wildman–Crippen MR) is 89.5 cm³/mol. The fraction of sp³-hybridized carbons (Fsp3) is 0.231. The van der Waals surface area contributed by atoms with Gasteiger partial charge in [0.15, 0.2) is 0 Å². The van der Waals surface area contributed by atoms with Crippen LogP contribution in [0.2, 0.25) is 5.02 Å². The summed E-state index contributed by atoms with van der Waals surface area (Å²) in [7, 11) is 1.66. The second-order valence-electron chi connectivity index (χ2n) is 4.00. The highest BCUT2D eigenvalue weighted by molar-refractivity contribution is 14.1. The van der Waals surface area contributed by atoms with Crippen LogP contribution in [0.4, 0.5) is 17.5 Å². The summed E-state index contributed by atoms with van der Waals surface area (Å²) in [5, 5.41) is 0.649. The fourth-order valence-corrected chi connectivity index (χ4v) is 2.54. The summed E-state index contributed by atoms with van der Waals surface area (Å²) in [5.41, 5.74) is 6.59. The minimum Gasteiger partial charge on any atom is -0.383 e. The molecular formula is C13H14ClIN4O. The highest BCUT2D eigenvalue weighted by Gasteiger charge is 2.15. The van der Waals surface area contributed by atoms with Crippen molar-refractivity contribution < 1.29 is 4.74 Å². The lowest BCUT2D eigenvalue weighted by atomic mass is 10.3. The Kier molecular flexibility index (Phi) is 5.38.